The molecule has 15 heavy (non-hydrogen) atoms. The normalized spacial score (nSPS) is 20.3. The summed E-state index contributed by atoms with van der Waals surface area (Å²) < 4.78 is 2.05. The van der Waals surface area contributed by atoms with E-state index >= 15 is 0 Å². The lowest BCUT2D eigenvalue weighted by atomic mass is 10.0. The number of nitrogens with zero attached hydrogens (tertiary/aromatic N) is 3. The van der Waals surface area contributed by atoms with Crippen molar-refractivity contribution >= 4 is 0 Å². The van der Waals surface area contributed by atoms with Crippen LogP contribution < -0.4 is 0 Å². The van der Waals surface area contributed by atoms with Crippen molar-refractivity contribution in [2.45, 2.75) is 38.1 Å². The van der Waals surface area contributed by atoms with Gasteiger partial charge < -0.3 is 14.8 Å². The lowest BCUT2D eigenvalue weighted by Crippen LogP contribution is -2.23. The Morgan fingerprint density at radius 3 is 2.93 bits per heavy atom. The van der Waals surface area contributed by atoms with Crippen LogP contribution in [0, 0.1) is 0 Å². The van der Waals surface area contributed by atoms with Crippen LogP contribution >= 0.6 is 0 Å². The van der Waals surface area contributed by atoms with Crippen LogP contribution in [0.25, 0.3) is 0 Å². The van der Waals surface area contributed by atoms with Crippen LogP contribution in [-0.2, 0) is 12.8 Å². The van der Waals surface area contributed by atoms with Crippen molar-refractivity contribution in [3.63, 3.8) is 0 Å². The maximum absolute atomic E-state index is 9.28. The Kier molecular flexibility index (Phi) is 3.33. The number of hydrogen-bond acceptors (Lipinski definition) is 4. The number of aromatic nitrogens is 3. The summed E-state index contributed by atoms with van der Waals surface area (Å²) in [7, 11) is 0. The van der Waals surface area contributed by atoms with E-state index in [4.69, 9.17) is 5.11 Å². The van der Waals surface area contributed by atoms with Crippen LogP contribution in [0.3, 0.4) is 0 Å². The molecular formula is C10H17N3O2. The van der Waals surface area contributed by atoms with Crippen molar-refractivity contribution in [1.29, 1.82) is 0 Å². The molecule has 0 bridgehead atoms. The van der Waals surface area contributed by atoms with Gasteiger partial charge in [0.15, 0.2) is 0 Å². The zero-order valence-corrected chi connectivity index (χ0v) is 8.76. The second-order valence-corrected chi connectivity index (χ2v) is 3.96. The molecule has 1 aromatic heterocycles. The quantitative estimate of drug-likeness (QED) is 0.739. The van der Waals surface area contributed by atoms with Gasteiger partial charge in [0.05, 0.1) is 12.6 Å². The summed E-state index contributed by atoms with van der Waals surface area (Å²) in [6.45, 7) is 0.323. The van der Waals surface area contributed by atoms with Crippen molar-refractivity contribution in [3.05, 3.63) is 11.6 Å². The van der Waals surface area contributed by atoms with E-state index < -0.39 is 0 Å². The monoisotopic (exact) mass is 211 g/mol. The molecule has 5 heteroatoms. The first-order chi connectivity index (χ1) is 7.36. The SMILES string of the molecule is OCCCc1nnc2n1C(CO)CCC2. The largest absolute Gasteiger partial charge is 0.396 e. The third kappa shape index (κ3) is 2.03. The van der Waals surface area contributed by atoms with Crippen molar-refractivity contribution < 1.29 is 10.2 Å². The summed E-state index contributed by atoms with van der Waals surface area (Å²) in [5.74, 6) is 1.88. The van der Waals surface area contributed by atoms with Crippen LogP contribution in [0.15, 0.2) is 0 Å². The third-order valence-electron chi connectivity index (χ3n) is 2.91. The molecule has 1 atom stereocenters. The lowest BCUT2D eigenvalue weighted by Gasteiger charge is -2.24. The molecule has 0 saturated heterocycles. The zero-order valence-electron chi connectivity index (χ0n) is 8.76. The number of aryl methyl sites for hydroxylation is 2. The maximum Gasteiger partial charge on any atom is 0.133 e. The lowest BCUT2D eigenvalue weighted by molar-refractivity contribution is 0.202. The molecule has 1 aliphatic rings. The smallest absolute Gasteiger partial charge is 0.133 e. The molecule has 0 saturated carbocycles. The first-order valence-corrected chi connectivity index (χ1v) is 5.51. The van der Waals surface area contributed by atoms with Gasteiger partial charge in [0.1, 0.15) is 11.6 Å². The van der Waals surface area contributed by atoms with Gasteiger partial charge in [0.2, 0.25) is 0 Å². The average Bonchev–Trinajstić information content (AvgIpc) is 2.69. The minimum absolute atomic E-state index is 0.137. The van der Waals surface area contributed by atoms with Crippen LogP contribution in [-0.4, -0.2) is 38.2 Å². The molecule has 0 aromatic carbocycles. The second kappa shape index (κ2) is 4.72. The first kappa shape index (κ1) is 10.6. The molecule has 0 fully saturated rings. The van der Waals surface area contributed by atoms with Gasteiger partial charge in [-0.2, -0.15) is 0 Å². The van der Waals surface area contributed by atoms with Crippen molar-refractivity contribution in [2.75, 3.05) is 13.2 Å². The predicted octanol–water partition coefficient (Wildman–Crippen LogP) is 0.0727. The summed E-state index contributed by atoms with van der Waals surface area (Å²) in [5, 5.41) is 26.3. The van der Waals surface area contributed by atoms with Gasteiger partial charge in [-0.3, -0.25) is 0 Å². The fourth-order valence-electron chi connectivity index (χ4n) is 2.16. The van der Waals surface area contributed by atoms with E-state index in [0.717, 1.165) is 37.3 Å². The minimum Gasteiger partial charge on any atom is -0.396 e. The Morgan fingerprint density at radius 2 is 2.20 bits per heavy atom. The van der Waals surface area contributed by atoms with E-state index in [9.17, 15) is 5.11 Å². The fraction of sp³-hybridized carbons (Fsp3) is 0.800. The fourth-order valence-corrected chi connectivity index (χ4v) is 2.16. The summed E-state index contributed by atoms with van der Waals surface area (Å²) >= 11 is 0. The third-order valence-corrected chi connectivity index (χ3v) is 2.91. The summed E-state index contributed by atoms with van der Waals surface area (Å²) in [4.78, 5) is 0. The summed E-state index contributed by atoms with van der Waals surface area (Å²) in [6, 6.07) is 0.137. The highest BCUT2D eigenvalue weighted by atomic mass is 16.3. The minimum atomic E-state index is 0.137. The van der Waals surface area contributed by atoms with Crippen LogP contribution in [0.2, 0.25) is 0 Å². The molecule has 0 spiro atoms. The molecular weight excluding hydrogens is 194 g/mol. The van der Waals surface area contributed by atoms with Gasteiger partial charge in [0.25, 0.3) is 0 Å². The van der Waals surface area contributed by atoms with Gasteiger partial charge in [-0.05, 0) is 19.3 Å². The van der Waals surface area contributed by atoms with Gasteiger partial charge in [-0.25, -0.2) is 0 Å². The van der Waals surface area contributed by atoms with E-state index in [1.54, 1.807) is 0 Å². The molecule has 84 valence electrons. The van der Waals surface area contributed by atoms with E-state index in [2.05, 4.69) is 14.8 Å². The Labute approximate surface area is 88.8 Å². The van der Waals surface area contributed by atoms with E-state index in [1.165, 1.54) is 0 Å². The number of aliphatic hydroxyl groups excluding tert-OH is 2. The van der Waals surface area contributed by atoms with Gasteiger partial charge in [-0.1, -0.05) is 0 Å². The summed E-state index contributed by atoms with van der Waals surface area (Å²) in [5.41, 5.74) is 0. The predicted molar refractivity (Wildman–Crippen MR) is 54.5 cm³/mol. The Hall–Kier alpha value is -0.940. The molecule has 2 N–H and O–H groups in total. The number of fused-ring (bicyclic) bond motifs is 1. The molecule has 1 aromatic rings. The first-order valence-electron chi connectivity index (χ1n) is 5.51. The van der Waals surface area contributed by atoms with Gasteiger partial charge in [0, 0.05) is 19.4 Å². The second-order valence-electron chi connectivity index (χ2n) is 3.96. The average molecular weight is 211 g/mol. The Balaban J connectivity index is 2.21. The van der Waals surface area contributed by atoms with Crippen molar-refractivity contribution in [1.82, 2.24) is 14.8 Å². The van der Waals surface area contributed by atoms with E-state index in [0.29, 0.717) is 6.42 Å². The van der Waals surface area contributed by atoms with Crippen molar-refractivity contribution in [2.24, 2.45) is 0 Å². The van der Waals surface area contributed by atoms with Crippen LogP contribution in [0.1, 0.15) is 37.0 Å². The topological polar surface area (TPSA) is 71.2 Å². The number of rotatable bonds is 4. The molecule has 2 rings (SSSR count). The standard InChI is InChI=1S/C10H17N3O2/c14-6-2-5-10-12-11-9-4-1-3-8(7-15)13(9)10/h8,14-15H,1-7H2. The molecule has 5 nitrogen and oxygen atoms in total. The molecule has 1 unspecified atom stereocenters. The molecule has 1 aliphatic heterocycles. The van der Waals surface area contributed by atoms with Gasteiger partial charge >= 0.3 is 0 Å². The molecule has 0 amide bonds. The zero-order chi connectivity index (χ0) is 10.7. The van der Waals surface area contributed by atoms with Crippen LogP contribution in [0.4, 0.5) is 0 Å². The van der Waals surface area contributed by atoms with E-state index in [-0.39, 0.29) is 19.3 Å². The van der Waals surface area contributed by atoms with E-state index in [1.807, 2.05) is 0 Å². The number of hydrogen-bond donors (Lipinski definition) is 2. The number of aliphatic hydroxyl groups is 2. The van der Waals surface area contributed by atoms with Crippen molar-refractivity contribution in [3.8, 4) is 0 Å². The highest BCUT2D eigenvalue weighted by molar-refractivity contribution is 5.02. The Morgan fingerprint density at radius 1 is 1.33 bits per heavy atom. The Bertz CT molecular complexity index is 324. The molecule has 2 heterocycles. The highest BCUT2D eigenvalue weighted by Gasteiger charge is 2.23. The molecule has 0 aliphatic carbocycles. The molecule has 0 radical (unpaired) electrons. The maximum atomic E-state index is 9.28. The summed E-state index contributed by atoms with van der Waals surface area (Å²) in [6.07, 6.45) is 4.45. The highest BCUT2D eigenvalue weighted by Crippen LogP contribution is 2.25. The van der Waals surface area contributed by atoms with Gasteiger partial charge in [-0.15, -0.1) is 10.2 Å². The van der Waals surface area contributed by atoms with Crippen LogP contribution in [0.5, 0.6) is 0 Å².